The number of ether oxygens (including phenoxy) is 1. The lowest BCUT2D eigenvalue weighted by atomic mass is 10.2. The highest BCUT2D eigenvalue weighted by atomic mass is 16.5. The molecule has 3 aromatic heterocycles. The summed E-state index contributed by atoms with van der Waals surface area (Å²) in [5.41, 5.74) is 3.22. The molecule has 3 aromatic rings. The van der Waals surface area contributed by atoms with Gasteiger partial charge in [0.25, 0.3) is 0 Å². The van der Waals surface area contributed by atoms with Crippen LogP contribution in [0.4, 0.5) is 0 Å². The van der Waals surface area contributed by atoms with Gasteiger partial charge >= 0.3 is 0 Å². The normalized spacial score (nSPS) is 10.4. The average Bonchev–Trinajstić information content (AvgIpc) is 2.61. The van der Waals surface area contributed by atoms with Gasteiger partial charge in [0, 0.05) is 24.5 Å². The number of hydrogen-bond acceptors (Lipinski definition) is 4. The highest BCUT2D eigenvalue weighted by Crippen LogP contribution is 2.26. The Kier molecular flexibility index (Phi) is 4.39. The predicted molar refractivity (Wildman–Crippen MR) is 86.5 cm³/mol. The summed E-state index contributed by atoms with van der Waals surface area (Å²) in [6.45, 7) is 2.76. The number of aromatic nitrogens is 3. The van der Waals surface area contributed by atoms with Crippen molar-refractivity contribution in [3.8, 4) is 28.5 Å². The average molecular weight is 291 g/mol. The third-order valence-electron chi connectivity index (χ3n) is 3.13. The molecule has 0 aliphatic rings. The molecule has 3 rings (SSSR count). The number of pyridine rings is 3. The Morgan fingerprint density at radius 3 is 1.86 bits per heavy atom. The lowest BCUT2D eigenvalue weighted by molar-refractivity contribution is 0.317. The Labute approximate surface area is 129 Å². The van der Waals surface area contributed by atoms with Gasteiger partial charge in [-0.05, 0) is 30.7 Å². The molecular weight excluding hydrogens is 274 g/mol. The molecule has 0 amide bonds. The summed E-state index contributed by atoms with van der Waals surface area (Å²) in [5.74, 6) is 0.790. The molecule has 0 unspecified atom stereocenters. The third kappa shape index (κ3) is 3.28. The van der Waals surface area contributed by atoms with Gasteiger partial charge in [-0.25, -0.2) is 4.98 Å². The smallest absolute Gasteiger partial charge is 0.123 e. The van der Waals surface area contributed by atoms with Gasteiger partial charge in [0.05, 0.1) is 29.4 Å². The standard InChI is InChI=1S/C18H17N3O/c1-2-11-22-14-12-17(15-7-3-5-9-19-15)21-18(13-14)16-8-4-6-10-20-16/h3-10,12-13H,2,11H2,1H3. The number of nitrogens with zero attached hydrogens (tertiary/aromatic N) is 3. The maximum absolute atomic E-state index is 5.78. The van der Waals surface area contributed by atoms with E-state index in [9.17, 15) is 0 Å². The Balaban J connectivity index is 2.06. The molecule has 3 heterocycles. The molecule has 110 valence electrons. The van der Waals surface area contributed by atoms with Crippen LogP contribution in [0.3, 0.4) is 0 Å². The zero-order chi connectivity index (χ0) is 15.2. The van der Waals surface area contributed by atoms with Gasteiger partial charge in [-0.3, -0.25) is 9.97 Å². The van der Waals surface area contributed by atoms with Crippen LogP contribution >= 0.6 is 0 Å². The van der Waals surface area contributed by atoms with Gasteiger partial charge in [-0.15, -0.1) is 0 Å². The topological polar surface area (TPSA) is 47.9 Å². The van der Waals surface area contributed by atoms with Gasteiger partial charge in [0.15, 0.2) is 0 Å². The Morgan fingerprint density at radius 2 is 1.41 bits per heavy atom. The maximum atomic E-state index is 5.78. The van der Waals surface area contributed by atoms with E-state index in [4.69, 9.17) is 4.74 Å². The lowest BCUT2D eigenvalue weighted by Crippen LogP contribution is -1.98. The van der Waals surface area contributed by atoms with E-state index in [1.807, 2.05) is 48.5 Å². The van der Waals surface area contributed by atoms with Crippen LogP contribution in [0, 0.1) is 0 Å². The fraction of sp³-hybridized carbons (Fsp3) is 0.167. The second-order valence-electron chi connectivity index (χ2n) is 4.85. The first kappa shape index (κ1) is 14.2. The van der Waals surface area contributed by atoms with Crippen molar-refractivity contribution in [1.29, 1.82) is 0 Å². The van der Waals surface area contributed by atoms with Crippen molar-refractivity contribution in [2.24, 2.45) is 0 Å². The zero-order valence-electron chi connectivity index (χ0n) is 12.4. The van der Waals surface area contributed by atoms with Crippen LogP contribution in [0.25, 0.3) is 22.8 Å². The van der Waals surface area contributed by atoms with Crippen molar-refractivity contribution in [3.05, 3.63) is 60.9 Å². The summed E-state index contributed by atoms with van der Waals surface area (Å²) in [6, 6.07) is 15.4. The van der Waals surface area contributed by atoms with Gasteiger partial charge in [0.2, 0.25) is 0 Å². The number of hydrogen-bond donors (Lipinski definition) is 0. The van der Waals surface area contributed by atoms with Crippen LogP contribution in [0.2, 0.25) is 0 Å². The quantitative estimate of drug-likeness (QED) is 0.713. The monoisotopic (exact) mass is 291 g/mol. The largest absolute Gasteiger partial charge is 0.493 e. The predicted octanol–water partition coefficient (Wildman–Crippen LogP) is 3.99. The highest BCUT2D eigenvalue weighted by Gasteiger charge is 2.09. The summed E-state index contributed by atoms with van der Waals surface area (Å²) < 4.78 is 5.78. The van der Waals surface area contributed by atoms with E-state index in [1.54, 1.807) is 12.4 Å². The van der Waals surface area contributed by atoms with Gasteiger partial charge in [-0.1, -0.05) is 19.1 Å². The molecule has 0 aliphatic carbocycles. The van der Waals surface area contributed by atoms with Crippen LogP contribution < -0.4 is 4.74 Å². The molecule has 0 bridgehead atoms. The van der Waals surface area contributed by atoms with Crippen LogP contribution in [0.15, 0.2) is 60.9 Å². The molecule has 0 radical (unpaired) electrons. The molecule has 0 atom stereocenters. The molecule has 4 heteroatoms. The van der Waals surface area contributed by atoms with Crippen LogP contribution in [-0.4, -0.2) is 21.6 Å². The van der Waals surface area contributed by atoms with E-state index in [-0.39, 0.29) is 0 Å². The van der Waals surface area contributed by atoms with E-state index < -0.39 is 0 Å². The van der Waals surface area contributed by atoms with E-state index in [0.29, 0.717) is 6.61 Å². The first-order chi connectivity index (χ1) is 10.9. The van der Waals surface area contributed by atoms with Gasteiger partial charge in [-0.2, -0.15) is 0 Å². The molecule has 0 aliphatic heterocycles. The molecule has 0 saturated carbocycles. The zero-order valence-corrected chi connectivity index (χ0v) is 12.4. The van der Waals surface area contributed by atoms with Crippen molar-refractivity contribution in [2.75, 3.05) is 6.61 Å². The minimum atomic E-state index is 0.674. The Hall–Kier alpha value is -2.75. The van der Waals surface area contributed by atoms with E-state index >= 15 is 0 Å². The molecule has 0 aromatic carbocycles. The van der Waals surface area contributed by atoms with Crippen molar-refractivity contribution in [3.63, 3.8) is 0 Å². The summed E-state index contributed by atoms with van der Waals surface area (Å²) in [7, 11) is 0. The van der Waals surface area contributed by atoms with Gasteiger partial charge < -0.3 is 4.74 Å². The fourth-order valence-electron chi connectivity index (χ4n) is 2.10. The molecule has 0 saturated heterocycles. The summed E-state index contributed by atoms with van der Waals surface area (Å²) in [6.07, 6.45) is 4.48. The third-order valence-corrected chi connectivity index (χ3v) is 3.13. The lowest BCUT2D eigenvalue weighted by Gasteiger charge is -2.09. The second kappa shape index (κ2) is 6.80. The highest BCUT2D eigenvalue weighted by molar-refractivity contribution is 5.64. The first-order valence-corrected chi connectivity index (χ1v) is 7.34. The molecular formula is C18H17N3O. The summed E-state index contributed by atoms with van der Waals surface area (Å²) in [4.78, 5) is 13.4. The fourth-order valence-corrected chi connectivity index (χ4v) is 2.10. The van der Waals surface area contributed by atoms with E-state index in [1.165, 1.54) is 0 Å². The minimum absolute atomic E-state index is 0.674. The second-order valence-corrected chi connectivity index (χ2v) is 4.85. The molecule has 0 fully saturated rings. The van der Waals surface area contributed by atoms with Crippen molar-refractivity contribution >= 4 is 0 Å². The maximum Gasteiger partial charge on any atom is 0.123 e. The van der Waals surface area contributed by atoms with Crippen molar-refractivity contribution < 1.29 is 4.74 Å². The van der Waals surface area contributed by atoms with E-state index in [2.05, 4.69) is 21.9 Å². The van der Waals surface area contributed by atoms with E-state index in [0.717, 1.165) is 34.9 Å². The molecule has 22 heavy (non-hydrogen) atoms. The summed E-state index contributed by atoms with van der Waals surface area (Å²) in [5, 5.41) is 0. The number of rotatable bonds is 5. The molecule has 4 nitrogen and oxygen atoms in total. The van der Waals surface area contributed by atoms with Crippen LogP contribution in [0.1, 0.15) is 13.3 Å². The van der Waals surface area contributed by atoms with Crippen LogP contribution in [0.5, 0.6) is 5.75 Å². The molecule has 0 N–H and O–H groups in total. The Morgan fingerprint density at radius 1 is 0.818 bits per heavy atom. The van der Waals surface area contributed by atoms with Crippen LogP contribution in [-0.2, 0) is 0 Å². The van der Waals surface area contributed by atoms with Crippen molar-refractivity contribution in [2.45, 2.75) is 13.3 Å². The SMILES string of the molecule is CCCOc1cc(-c2ccccn2)nc(-c2ccccn2)c1. The first-order valence-electron chi connectivity index (χ1n) is 7.34. The minimum Gasteiger partial charge on any atom is -0.493 e. The van der Waals surface area contributed by atoms with Gasteiger partial charge in [0.1, 0.15) is 5.75 Å². The Bertz CT molecular complexity index is 672. The van der Waals surface area contributed by atoms with Crippen molar-refractivity contribution in [1.82, 2.24) is 15.0 Å². The molecule has 0 spiro atoms. The summed E-state index contributed by atoms with van der Waals surface area (Å²) >= 11 is 0.